The van der Waals surface area contributed by atoms with Crippen LogP contribution in [0.5, 0.6) is 0 Å². The van der Waals surface area contributed by atoms with Gasteiger partial charge in [-0.15, -0.1) is 0 Å². The summed E-state index contributed by atoms with van der Waals surface area (Å²) < 4.78 is 13.9. The molecule has 1 saturated carbocycles. The second-order valence-corrected chi connectivity index (χ2v) is 6.76. The van der Waals surface area contributed by atoms with Gasteiger partial charge in [0.1, 0.15) is 5.82 Å². The Morgan fingerprint density at radius 3 is 2.39 bits per heavy atom. The minimum atomic E-state index is -0.317. The van der Waals surface area contributed by atoms with Crippen LogP contribution in [0.25, 0.3) is 0 Å². The number of nitrogens with one attached hydrogen (secondary N) is 1. The molecule has 1 aromatic carbocycles. The highest BCUT2D eigenvalue weighted by molar-refractivity contribution is 9.10. The Bertz CT molecular complexity index is 405. The van der Waals surface area contributed by atoms with Crippen molar-refractivity contribution >= 4 is 33.2 Å². The molecule has 4 heteroatoms. The number of anilines is 1. The third-order valence-electron chi connectivity index (χ3n) is 3.53. The van der Waals surface area contributed by atoms with Crippen LogP contribution in [0.2, 0.25) is 5.02 Å². The van der Waals surface area contributed by atoms with Crippen LogP contribution in [0.15, 0.2) is 16.6 Å². The molecule has 1 aromatic rings. The highest BCUT2D eigenvalue weighted by Crippen LogP contribution is 2.36. The maximum Gasteiger partial charge on any atom is 0.125 e. The van der Waals surface area contributed by atoms with Gasteiger partial charge in [-0.25, -0.2) is 4.39 Å². The van der Waals surface area contributed by atoms with E-state index in [2.05, 4.69) is 35.1 Å². The minimum absolute atomic E-state index is 0.317. The van der Waals surface area contributed by atoms with Crippen molar-refractivity contribution < 1.29 is 4.39 Å². The van der Waals surface area contributed by atoms with Gasteiger partial charge in [0.15, 0.2) is 0 Å². The molecule has 0 aliphatic heterocycles. The summed E-state index contributed by atoms with van der Waals surface area (Å²) in [6, 6.07) is 3.22. The van der Waals surface area contributed by atoms with Gasteiger partial charge in [0.2, 0.25) is 0 Å². The Kier molecular flexibility index (Phi) is 4.54. The van der Waals surface area contributed by atoms with Gasteiger partial charge in [-0.05, 0) is 59.2 Å². The fourth-order valence-corrected chi connectivity index (χ4v) is 3.87. The zero-order chi connectivity index (χ0) is 13.3. The second-order valence-electron chi connectivity index (χ2n) is 5.50. The Morgan fingerprint density at radius 1 is 1.22 bits per heavy atom. The zero-order valence-corrected chi connectivity index (χ0v) is 13.0. The molecule has 0 heterocycles. The number of rotatable bonds is 2. The van der Waals surface area contributed by atoms with Crippen molar-refractivity contribution in [2.24, 2.45) is 11.8 Å². The molecule has 1 aliphatic rings. The fraction of sp³-hybridized carbons (Fsp3) is 0.571. The lowest BCUT2D eigenvalue weighted by atomic mass is 9.80. The summed E-state index contributed by atoms with van der Waals surface area (Å²) in [6.45, 7) is 4.57. The fourth-order valence-electron chi connectivity index (χ4n) is 2.95. The van der Waals surface area contributed by atoms with E-state index >= 15 is 0 Å². The first-order chi connectivity index (χ1) is 8.45. The average Bonchev–Trinajstić information content (AvgIpc) is 2.22. The summed E-state index contributed by atoms with van der Waals surface area (Å²) in [5, 5.41) is 3.90. The van der Waals surface area contributed by atoms with Crippen LogP contribution in [0.4, 0.5) is 10.1 Å². The van der Waals surface area contributed by atoms with E-state index in [1.807, 2.05) is 0 Å². The van der Waals surface area contributed by atoms with Crippen LogP contribution >= 0.6 is 27.5 Å². The molecule has 1 nitrogen and oxygen atoms in total. The molecular weight excluding hydrogens is 317 g/mol. The van der Waals surface area contributed by atoms with Crippen molar-refractivity contribution in [3.05, 3.63) is 27.4 Å². The van der Waals surface area contributed by atoms with Crippen LogP contribution in [0, 0.1) is 17.7 Å². The molecule has 2 atom stereocenters. The van der Waals surface area contributed by atoms with E-state index in [1.54, 1.807) is 0 Å². The third kappa shape index (κ3) is 3.39. The minimum Gasteiger partial charge on any atom is -0.380 e. The van der Waals surface area contributed by atoms with Gasteiger partial charge in [-0.3, -0.25) is 0 Å². The summed E-state index contributed by atoms with van der Waals surface area (Å²) in [5.74, 6) is 1.14. The van der Waals surface area contributed by atoms with Crippen LogP contribution in [0.3, 0.4) is 0 Å². The number of hydrogen-bond donors (Lipinski definition) is 1. The van der Waals surface area contributed by atoms with Gasteiger partial charge in [-0.1, -0.05) is 25.4 Å². The zero-order valence-electron chi connectivity index (χ0n) is 10.6. The smallest absolute Gasteiger partial charge is 0.125 e. The Hall–Kier alpha value is -0.280. The summed E-state index contributed by atoms with van der Waals surface area (Å²) in [5.41, 5.74) is 0.810. The highest BCUT2D eigenvalue weighted by atomic mass is 79.9. The van der Waals surface area contributed by atoms with E-state index < -0.39 is 0 Å². The first-order valence-corrected chi connectivity index (χ1v) is 7.54. The van der Waals surface area contributed by atoms with Gasteiger partial charge in [-0.2, -0.15) is 0 Å². The number of halogens is 3. The van der Waals surface area contributed by atoms with E-state index in [1.165, 1.54) is 18.6 Å². The standard InChI is InChI=1S/C14H18BrClFN/c1-8-3-9(2)5-11(4-8)18-14-12(15)6-10(17)7-13(14)16/h6-9,11,18H,3-5H2,1-2H3. The maximum absolute atomic E-state index is 13.2. The van der Waals surface area contributed by atoms with Crippen molar-refractivity contribution in [1.29, 1.82) is 0 Å². The maximum atomic E-state index is 13.2. The molecule has 18 heavy (non-hydrogen) atoms. The van der Waals surface area contributed by atoms with Crippen molar-refractivity contribution in [2.75, 3.05) is 5.32 Å². The molecule has 0 spiro atoms. The molecule has 1 aliphatic carbocycles. The van der Waals surface area contributed by atoms with Gasteiger partial charge in [0.25, 0.3) is 0 Å². The molecule has 1 fully saturated rings. The summed E-state index contributed by atoms with van der Waals surface area (Å²) in [7, 11) is 0. The summed E-state index contributed by atoms with van der Waals surface area (Å²) in [6.07, 6.45) is 3.57. The largest absolute Gasteiger partial charge is 0.380 e. The lowest BCUT2D eigenvalue weighted by Gasteiger charge is -2.33. The van der Waals surface area contributed by atoms with Crippen molar-refractivity contribution in [2.45, 2.75) is 39.2 Å². The number of hydrogen-bond acceptors (Lipinski definition) is 1. The van der Waals surface area contributed by atoms with Crippen LogP contribution < -0.4 is 5.32 Å². The molecule has 0 radical (unpaired) electrons. The molecule has 0 bridgehead atoms. The van der Waals surface area contributed by atoms with E-state index in [-0.39, 0.29) is 5.82 Å². The topological polar surface area (TPSA) is 12.0 Å². The molecule has 1 N–H and O–H groups in total. The van der Waals surface area contributed by atoms with E-state index in [0.29, 0.717) is 15.5 Å². The van der Waals surface area contributed by atoms with Crippen LogP contribution in [0.1, 0.15) is 33.1 Å². The SMILES string of the molecule is CC1CC(C)CC(Nc2c(Cl)cc(F)cc2Br)C1. The normalized spacial score (nSPS) is 28.2. The van der Waals surface area contributed by atoms with E-state index in [0.717, 1.165) is 30.4 Å². The number of benzene rings is 1. The van der Waals surface area contributed by atoms with Gasteiger partial charge < -0.3 is 5.32 Å². The first kappa shape index (κ1) is 14.1. The van der Waals surface area contributed by atoms with Crippen LogP contribution in [-0.2, 0) is 0 Å². The molecule has 100 valence electrons. The molecular formula is C14H18BrClFN. The van der Waals surface area contributed by atoms with Crippen LogP contribution in [-0.4, -0.2) is 6.04 Å². The molecule has 0 amide bonds. The lowest BCUT2D eigenvalue weighted by Crippen LogP contribution is -2.30. The summed E-state index contributed by atoms with van der Waals surface area (Å²) in [4.78, 5) is 0. The second kappa shape index (κ2) is 5.79. The van der Waals surface area contributed by atoms with Gasteiger partial charge in [0, 0.05) is 10.5 Å². The molecule has 0 aromatic heterocycles. The molecule has 0 saturated heterocycles. The summed E-state index contributed by atoms with van der Waals surface area (Å²) >= 11 is 9.46. The quantitative estimate of drug-likeness (QED) is 0.755. The Morgan fingerprint density at radius 2 is 1.83 bits per heavy atom. The van der Waals surface area contributed by atoms with Gasteiger partial charge in [0.05, 0.1) is 10.7 Å². The Balaban J connectivity index is 2.14. The van der Waals surface area contributed by atoms with Gasteiger partial charge >= 0.3 is 0 Å². The monoisotopic (exact) mass is 333 g/mol. The molecule has 2 unspecified atom stereocenters. The Labute approximate surface area is 121 Å². The highest BCUT2D eigenvalue weighted by Gasteiger charge is 2.24. The average molecular weight is 335 g/mol. The van der Waals surface area contributed by atoms with Crippen molar-refractivity contribution in [3.63, 3.8) is 0 Å². The third-order valence-corrected chi connectivity index (χ3v) is 4.46. The predicted molar refractivity (Wildman–Crippen MR) is 78.7 cm³/mol. The van der Waals surface area contributed by atoms with Crippen molar-refractivity contribution in [1.82, 2.24) is 0 Å². The molecule has 2 rings (SSSR count). The predicted octanol–water partition coefficient (Wildman–Crippen LogP) is 5.48. The first-order valence-electron chi connectivity index (χ1n) is 6.36. The van der Waals surface area contributed by atoms with E-state index in [4.69, 9.17) is 11.6 Å². The van der Waals surface area contributed by atoms with Crippen molar-refractivity contribution in [3.8, 4) is 0 Å². The lowest BCUT2D eigenvalue weighted by molar-refractivity contribution is 0.281. The van der Waals surface area contributed by atoms with E-state index in [9.17, 15) is 4.39 Å².